The van der Waals surface area contributed by atoms with E-state index in [0.717, 1.165) is 30.1 Å². The predicted molar refractivity (Wildman–Crippen MR) is 66.0 cm³/mol. The van der Waals surface area contributed by atoms with Crippen LogP contribution in [0.5, 0.6) is 0 Å². The fourth-order valence-corrected chi connectivity index (χ4v) is 1.87. The van der Waals surface area contributed by atoms with Crippen LogP contribution in [0.25, 0.3) is 11.2 Å². The minimum absolute atomic E-state index is 0.105. The molecule has 1 N–H and O–H groups in total. The molecule has 6 nitrogen and oxygen atoms in total. The van der Waals surface area contributed by atoms with Gasteiger partial charge in [-0.1, -0.05) is 0 Å². The number of fused-ring (bicyclic) bond motifs is 1. The number of aliphatic hydroxyl groups excluding tert-OH is 1. The fourth-order valence-electron chi connectivity index (χ4n) is 1.87. The van der Waals surface area contributed by atoms with Gasteiger partial charge in [0.1, 0.15) is 6.33 Å². The summed E-state index contributed by atoms with van der Waals surface area (Å²) in [5.41, 5.74) is 1.64. The van der Waals surface area contributed by atoms with E-state index < -0.39 is 0 Å². The molecule has 2 aromatic heterocycles. The maximum Gasteiger partial charge on any atom is 0.165 e. The van der Waals surface area contributed by atoms with E-state index in [4.69, 9.17) is 5.11 Å². The van der Waals surface area contributed by atoms with E-state index in [1.807, 2.05) is 23.3 Å². The molecule has 0 aliphatic heterocycles. The second kappa shape index (κ2) is 5.09. The molecule has 0 saturated heterocycles. The average molecular weight is 235 g/mol. The second-order valence-corrected chi connectivity index (χ2v) is 3.70. The van der Waals surface area contributed by atoms with Crippen LogP contribution in [0.2, 0.25) is 0 Å². The van der Waals surface area contributed by atoms with Crippen LogP contribution in [0, 0.1) is 0 Å². The maximum atomic E-state index is 9.04. The van der Waals surface area contributed by atoms with E-state index in [9.17, 15) is 0 Å². The van der Waals surface area contributed by atoms with Crippen molar-refractivity contribution in [1.29, 1.82) is 0 Å². The van der Waals surface area contributed by atoms with Crippen molar-refractivity contribution in [3.63, 3.8) is 0 Å². The lowest BCUT2D eigenvalue weighted by Gasteiger charge is -2.20. The molecule has 0 aromatic carbocycles. The van der Waals surface area contributed by atoms with Gasteiger partial charge in [0.05, 0.1) is 12.9 Å². The SMILES string of the molecule is CCN(CCO)c1ncnc2c1ncn2CC. The third-order valence-electron chi connectivity index (χ3n) is 2.77. The predicted octanol–water partition coefficient (Wildman–Crippen LogP) is 0.665. The largest absolute Gasteiger partial charge is 0.395 e. The molecule has 0 fully saturated rings. The number of hydrogen-bond acceptors (Lipinski definition) is 5. The van der Waals surface area contributed by atoms with E-state index in [1.165, 1.54) is 0 Å². The van der Waals surface area contributed by atoms with E-state index in [-0.39, 0.29) is 6.61 Å². The van der Waals surface area contributed by atoms with Gasteiger partial charge in [-0.2, -0.15) is 0 Å². The van der Waals surface area contributed by atoms with Gasteiger partial charge in [0, 0.05) is 19.6 Å². The highest BCUT2D eigenvalue weighted by molar-refractivity contribution is 5.83. The summed E-state index contributed by atoms with van der Waals surface area (Å²) < 4.78 is 1.98. The Kier molecular flexibility index (Phi) is 3.53. The topological polar surface area (TPSA) is 67.1 Å². The Bertz CT molecular complexity index is 496. The molecule has 0 unspecified atom stereocenters. The molecule has 0 aliphatic carbocycles. The maximum absolute atomic E-state index is 9.04. The molecule has 0 aliphatic rings. The molecule has 0 amide bonds. The molecule has 0 radical (unpaired) electrons. The van der Waals surface area contributed by atoms with Crippen molar-refractivity contribution in [2.75, 3.05) is 24.6 Å². The first-order chi connectivity index (χ1) is 8.31. The highest BCUT2D eigenvalue weighted by Gasteiger charge is 2.13. The first-order valence-corrected chi connectivity index (χ1v) is 5.83. The Balaban J connectivity index is 2.49. The molecule has 0 spiro atoms. The summed E-state index contributed by atoms with van der Waals surface area (Å²) in [6.45, 7) is 6.36. The van der Waals surface area contributed by atoms with Gasteiger partial charge < -0.3 is 14.6 Å². The molecule has 2 aromatic rings. The summed E-state index contributed by atoms with van der Waals surface area (Å²) >= 11 is 0. The third-order valence-corrected chi connectivity index (χ3v) is 2.77. The van der Waals surface area contributed by atoms with Crippen LogP contribution in [0.15, 0.2) is 12.7 Å². The molecule has 6 heteroatoms. The highest BCUT2D eigenvalue weighted by atomic mass is 16.3. The van der Waals surface area contributed by atoms with E-state index in [0.29, 0.717) is 6.54 Å². The van der Waals surface area contributed by atoms with Crippen molar-refractivity contribution in [2.24, 2.45) is 0 Å². The molecule has 92 valence electrons. The zero-order valence-corrected chi connectivity index (χ0v) is 10.2. The lowest BCUT2D eigenvalue weighted by molar-refractivity contribution is 0.302. The van der Waals surface area contributed by atoms with Gasteiger partial charge in [-0.3, -0.25) is 0 Å². The number of hydrogen-bond donors (Lipinski definition) is 1. The van der Waals surface area contributed by atoms with Gasteiger partial charge in [-0.15, -0.1) is 0 Å². The van der Waals surface area contributed by atoms with Gasteiger partial charge in [0.2, 0.25) is 0 Å². The standard InChI is InChI=1S/C11H17N5O/c1-3-15(5-6-17)10-9-11(13-7-12-10)16(4-2)8-14-9/h7-8,17H,3-6H2,1-2H3. The average Bonchev–Trinajstić information content (AvgIpc) is 2.79. The van der Waals surface area contributed by atoms with Crippen LogP contribution in [-0.2, 0) is 6.54 Å². The van der Waals surface area contributed by atoms with E-state index >= 15 is 0 Å². The smallest absolute Gasteiger partial charge is 0.165 e. The van der Waals surface area contributed by atoms with Crippen LogP contribution >= 0.6 is 0 Å². The first-order valence-electron chi connectivity index (χ1n) is 5.83. The zero-order valence-electron chi connectivity index (χ0n) is 10.2. The van der Waals surface area contributed by atoms with Crippen molar-refractivity contribution < 1.29 is 5.11 Å². The molecule has 0 atom stereocenters. The minimum atomic E-state index is 0.105. The van der Waals surface area contributed by atoms with Crippen molar-refractivity contribution in [3.05, 3.63) is 12.7 Å². The molecule has 2 rings (SSSR count). The van der Waals surface area contributed by atoms with Gasteiger partial charge >= 0.3 is 0 Å². The number of aromatic nitrogens is 4. The number of anilines is 1. The van der Waals surface area contributed by atoms with Crippen LogP contribution in [0.3, 0.4) is 0 Å². The van der Waals surface area contributed by atoms with Crippen LogP contribution in [-0.4, -0.2) is 44.3 Å². The number of nitrogens with zero attached hydrogens (tertiary/aromatic N) is 5. The van der Waals surface area contributed by atoms with E-state index in [2.05, 4.69) is 15.0 Å². The Hall–Kier alpha value is -1.69. The van der Waals surface area contributed by atoms with Gasteiger partial charge in [-0.25, -0.2) is 15.0 Å². The van der Waals surface area contributed by atoms with Gasteiger partial charge in [-0.05, 0) is 13.8 Å². The fraction of sp³-hybridized carbons (Fsp3) is 0.545. The molecular weight excluding hydrogens is 218 g/mol. The van der Waals surface area contributed by atoms with E-state index in [1.54, 1.807) is 12.7 Å². The lowest BCUT2D eigenvalue weighted by Crippen LogP contribution is -2.27. The highest BCUT2D eigenvalue weighted by Crippen LogP contribution is 2.20. The summed E-state index contributed by atoms with van der Waals surface area (Å²) in [5, 5.41) is 9.04. The quantitative estimate of drug-likeness (QED) is 0.824. The Morgan fingerprint density at radius 1 is 1.29 bits per heavy atom. The van der Waals surface area contributed by atoms with Crippen molar-refractivity contribution in [2.45, 2.75) is 20.4 Å². The van der Waals surface area contributed by atoms with Gasteiger partial charge in [0.15, 0.2) is 17.0 Å². The third kappa shape index (κ3) is 2.08. The Morgan fingerprint density at radius 3 is 2.76 bits per heavy atom. The van der Waals surface area contributed by atoms with Crippen molar-refractivity contribution in [3.8, 4) is 0 Å². The second-order valence-electron chi connectivity index (χ2n) is 3.70. The van der Waals surface area contributed by atoms with Crippen LogP contribution in [0.4, 0.5) is 5.82 Å². The lowest BCUT2D eigenvalue weighted by atomic mass is 10.4. The Labute approximate surface area is 99.9 Å². The number of imidazole rings is 1. The van der Waals surface area contributed by atoms with Gasteiger partial charge in [0.25, 0.3) is 0 Å². The molecule has 2 heterocycles. The number of aliphatic hydroxyl groups is 1. The summed E-state index contributed by atoms with van der Waals surface area (Å²) in [6, 6.07) is 0. The van der Waals surface area contributed by atoms with Crippen LogP contribution in [0.1, 0.15) is 13.8 Å². The first kappa shape index (κ1) is 11.8. The molecule has 0 bridgehead atoms. The zero-order chi connectivity index (χ0) is 12.3. The number of rotatable bonds is 5. The summed E-state index contributed by atoms with van der Waals surface area (Å²) in [4.78, 5) is 14.9. The molecular formula is C11H17N5O. The molecule has 0 saturated carbocycles. The number of likely N-dealkylation sites (N-methyl/N-ethyl adjacent to an activating group) is 1. The normalized spacial score (nSPS) is 11.0. The molecule has 17 heavy (non-hydrogen) atoms. The summed E-state index contributed by atoms with van der Waals surface area (Å²) in [5.74, 6) is 0.791. The van der Waals surface area contributed by atoms with Crippen molar-refractivity contribution >= 4 is 17.0 Å². The Morgan fingerprint density at radius 2 is 2.12 bits per heavy atom. The van der Waals surface area contributed by atoms with Crippen LogP contribution < -0.4 is 4.90 Å². The monoisotopic (exact) mass is 235 g/mol. The minimum Gasteiger partial charge on any atom is -0.395 e. The summed E-state index contributed by atoms with van der Waals surface area (Å²) in [7, 11) is 0. The number of aryl methyl sites for hydroxylation is 1. The summed E-state index contributed by atoms with van der Waals surface area (Å²) in [6.07, 6.45) is 3.32. The van der Waals surface area contributed by atoms with Crippen molar-refractivity contribution in [1.82, 2.24) is 19.5 Å².